The molecule has 0 aromatic carbocycles. The smallest absolute Gasteiger partial charge is 0.412 e. The van der Waals surface area contributed by atoms with Gasteiger partial charge in [0.1, 0.15) is 11.3 Å². The minimum Gasteiger partial charge on any atom is -0.444 e. The van der Waals surface area contributed by atoms with Crippen molar-refractivity contribution in [2.45, 2.75) is 90.5 Å². The summed E-state index contributed by atoms with van der Waals surface area (Å²) in [6, 6.07) is -0.0228. The van der Waals surface area contributed by atoms with Crippen LogP contribution in [0.2, 0.25) is 0 Å². The monoisotopic (exact) mass is 398 g/mol. The van der Waals surface area contributed by atoms with Crippen molar-refractivity contribution >= 4 is 12.0 Å². The van der Waals surface area contributed by atoms with E-state index in [0.717, 1.165) is 12.8 Å². The van der Waals surface area contributed by atoms with E-state index in [2.05, 4.69) is 0 Å². The summed E-state index contributed by atoms with van der Waals surface area (Å²) in [5.41, 5.74) is -1.25. The summed E-state index contributed by atoms with van der Waals surface area (Å²) in [5, 5.41) is 1.27. The summed E-state index contributed by atoms with van der Waals surface area (Å²) < 4.78 is 11.7. The standard InChI is InChI=1S/C21H38N2O5/c1-20(2,3)28-19(25)23-17(14-27-21(23,4)5)16(15-10-8-11-15)12-9-13-18(24)22(6)26-7/h15-17H,8-14H2,1-7H3/t16-,17-/m0/s1. The zero-order valence-electron chi connectivity index (χ0n) is 18.6. The molecule has 0 radical (unpaired) electrons. The van der Waals surface area contributed by atoms with Gasteiger partial charge in [0.15, 0.2) is 0 Å². The van der Waals surface area contributed by atoms with Crippen LogP contribution in [0.25, 0.3) is 0 Å². The van der Waals surface area contributed by atoms with E-state index in [-0.39, 0.29) is 18.0 Å². The average Bonchev–Trinajstić information content (AvgIpc) is 2.84. The number of rotatable bonds is 7. The van der Waals surface area contributed by atoms with E-state index < -0.39 is 11.3 Å². The fourth-order valence-electron chi connectivity index (χ4n) is 4.17. The molecular weight excluding hydrogens is 360 g/mol. The third kappa shape index (κ3) is 5.60. The normalized spacial score (nSPS) is 23.2. The zero-order valence-corrected chi connectivity index (χ0v) is 18.6. The lowest BCUT2D eigenvalue weighted by Gasteiger charge is -2.42. The van der Waals surface area contributed by atoms with Crippen molar-refractivity contribution in [2.24, 2.45) is 11.8 Å². The minimum atomic E-state index is -0.693. The molecule has 2 rings (SSSR count). The van der Waals surface area contributed by atoms with E-state index >= 15 is 0 Å². The fourth-order valence-corrected chi connectivity index (χ4v) is 4.17. The van der Waals surface area contributed by atoms with Crippen molar-refractivity contribution in [1.82, 2.24) is 9.96 Å². The maximum Gasteiger partial charge on any atom is 0.412 e. The second kappa shape index (κ2) is 8.99. The maximum atomic E-state index is 13.0. The van der Waals surface area contributed by atoms with Crippen LogP contribution in [-0.4, -0.2) is 60.1 Å². The summed E-state index contributed by atoms with van der Waals surface area (Å²) >= 11 is 0. The number of amides is 2. The van der Waals surface area contributed by atoms with Crippen molar-refractivity contribution < 1.29 is 23.9 Å². The second-order valence-corrected chi connectivity index (χ2v) is 9.50. The van der Waals surface area contributed by atoms with Crippen molar-refractivity contribution in [2.75, 3.05) is 20.8 Å². The average molecular weight is 399 g/mol. The quantitative estimate of drug-likeness (QED) is 0.607. The molecule has 2 amide bonds. The van der Waals surface area contributed by atoms with Gasteiger partial charge in [-0.2, -0.15) is 0 Å². The van der Waals surface area contributed by atoms with Crippen LogP contribution in [0.5, 0.6) is 0 Å². The Balaban J connectivity index is 2.10. The number of carbonyl (C=O) groups excluding carboxylic acids is 2. The number of hydroxylamine groups is 2. The lowest BCUT2D eigenvalue weighted by molar-refractivity contribution is -0.168. The first-order valence-electron chi connectivity index (χ1n) is 10.4. The first-order chi connectivity index (χ1) is 13.0. The van der Waals surface area contributed by atoms with E-state index in [0.29, 0.717) is 24.9 Å². The molecule has 0 N–H and O–H groups in total. The van der Waals surface area contributed by atoms with Crippen molar-refractivity contribution in [3.8, 4) is 0 Å². The number of hydrogen-bond acceptors (Lipinski definition) is 5. The van der Waals surface area contributed by atoms with Crippen LogP contribution in [-0.2, 0) is 19.1 Å². The predicted molar refractivity (Wildman–Crippen MR) is 106 cm³/mol. The third-order valence-corrected chi connectivity index (χ3v) is 5.91. The van der Waals surface area contributed by atoms with Crippen LogP contribution in [0.15, 0.2) is 0 Å². The fraction of sp³-hybridized carbons (Fsp3) is 0.905. The molecule has 2 aliphatic rings. The number of nitrogens with zero attached hydrogens (tertiary/aromatic N) is 2. The van der Waals surface area contributed by atoms with Crippen molar-refractivity contribution in [1.29, 1.82) is 0 Å². The Morgan fingerprint density at radius 3 is 2.43 bits per heavy atom. The highest BCUT2D eigenvalue weighted by Crippen LogP contribution is 2.43. The van der Waals surface area contributed by atoms with Gasteiger partial charge in [-0.1, -0.05) is 19.3 Å². The van der Waals surface area contributed by atoms with Gasteiger partial charge < -0.3 is 9.47 Å². The van der Waals surface area contributed by atoms with E-state index in [9.17, 15) is 9.59 Å². The Kier molecular flexibility index (Phi) is 7.37. The van der Waals surface area contributed by atoms with Gasteiger partial charge in [0.05, 0.1) is 19.8 Å². The van der Waals surface area contributed by atoms with Gasteiger partial charge >= 0.3 is 6.09 Å². The van der Waals surface area contributed by atoms with E-state index in [1.807, 2.05) is 34.6 Å². The summed E-state index contributed by atoms with van der Waals surface area (Å²) in [6.07, 6.45) is 5.36. The predicted octanol–water partition coefficient (Wildman–Crippen LogP) is 3.96. The highest BCUT2D eigenvalue weighted by molar-refractivity contribution is 5.74. The minimum absolute atomic E-state index is 0.0228. The number of ether oxygens (including phenoxy) is 2. The molecule has 0 bridgehead atoms. The Labute approximate surface area is 169 Å². The topological polar surface area (TPSA) is 68.3 Å². The summed E-state index contributed by atoms with van der Waals surface area (Å²) in [5.74, 6) is 0.855. The third-order valence-electron chi connectivity index (χ3n) is 5.91. The molecular formula is C21H38N2O5. The van der Waals surface area contributed by atoms with E-state index in [1.54, 1.807) is 11.9 Å². The lowest BCUT2D eigenvalue weighted by Crippen LogP contribution is -2.53. The Morgan fingerprint density at radius 2 is 1.93 bits per heavy atom. The number of hydrogen-bond donors (Lipinski definition) is 0. The first-order valence-corrected chi connectivity index (χ1v) is 10.4. The first kappa shape index (κ1) is 22.9. The van der Waals surface area contributed by atoms with Gasteiger partial charge in [0, 0.05) is 13.5 Å². The molecule has 0 spiro atoms. The van der Waals surface area contributed by atoms with Crippen LogP contribution in [0.1, 0.15) is 73.1 Å². The molecule has 7 nitrogen and oxygen atoms in total. The molecule has 1 aliphatic heterocycles. The van der Waals surface area contributed by atoms with Crippen LogP contribution >= 0.6 is 0 Å². The van der Waals surface area contributed by atoms with Gasteiger partial charge in [-0.25, -0.2) is 9.86 Å². The second-order valence-electron chi connectivity index (χ2n) is 9.50. The Bertz CT molecular complexity index is 553. The Morgan fingerprint density at radius 1 is 1.29 bits per heavy atom. The maximum absolute atomic E-state index is 13.0. The van der Waals surface area contributed by atoms with Gasteiger partial charge in [0.25, 0.3) is 0 Å². The summed E-state index contributed by atoms with van der Waals surface area (Å²) in [6.45, 7) is 10.00. The molecule has 7 heteroatoms. The van der Waals surface area contributed by atoms with Gasteiger partial charge in [-0.3, -0.25) is 14.5 Å². The lowest BCUT2D eigenvalue weighted by atomic mass is 9.70. The van der Waals surface area contributed by atoms with Crippen LogP contribution in [0.4, 0.5) is 4.79 Å². The molecule has 0 aromatic heterocycles. The Hall–Kier alpha value is -1.34. The molecule has 0 aromatic rings. The SMILES string of the molecule is CON(C)C(=O)CCC[C@@H](C1CCC1)[C@@H]1COC(C)(C)N1C(=O)OC(C)(C)C. The van der Waals surface area contributed by atoms with Gasteiger partial charge in [0.2, 0.25) is 5.91 Å². The van der Waals surface area contributed by atoms with E-state index in [4.69, 9.17) is 14.3 Å². The highest BCUT2D eigenvalue weighted by atomic mass is 16.7. The largest absolute Gasteiger partial charge is 0.444 e. The van der Waals surface area contributed by atoms with Crippen LogP contribution < -0.4 is 0 Å². The molecule has 1 heterocycles. The molecule has 0 unspecified atom stereocenters. The van der Waals surface area contributed by atoms with Gasteiger partial charge in [-0.05, 0) is 59.3 Å². The molecule has 1 saturated heterocycles. The van der Waals surface area contributed by atoms with Crippen LogP contribution in [0, 0.1) is 11.8 Å². The highest BCUT2D eigenvalue weighted by Gasteiger charge is 2.50. The summed E-state index contributed by atoms with van der Waals surface area (Å²) in [4.78, 5) is 31.8. The molecule has 1 saturated carbocycles. The molecule has 1 aliphatic carbocycles. The molecule has 28 heavy (non-hydrogen) atoms. The number of carbonyl (C=O) groups is 2. The summed E-state index contributed by atoms with van der Waals surface area (Å²) in [7, 11) is 3.12. The molecule has 2 atom stereocenters. The van der Waals surface area contributed by atoms with Gasteiger partial charge in [-0.15, -0.1) is 0 Å². The molecule has 162 valence electrons. The van der Waals surface area contributed by atoms with Crippen molar-refractivity contribution in [3.63, 3.8) is 0 Å². The van der Waals surface area contributed by atoms with E-state index in [1.165, 1.54) is 31.4 Å². The van der Waals surface area contributed by atoms with Crippen LogP contribution in [0.3, 0.4) is 0 Å². The molecule has 2 fully saturated rings. The zero-order chi connectivity index (χ0) is 21.1. The van der Waals surface area contributed by atoms with Crippen molar-refractivity contribution in [3.05, 3.63) is 0 Å².